The van der Waals surface area contributed by atoms with E-state index in [-0.39, 0.29) is 39.2 Å². The van der Waals surface area contributed by atoms with Crippen molar-refractivity contribution >= 4 is 89.2 Å². The van der Waals surface area contributed by atoms with E-state index >= 15 is 0 Å². The number of nitro benzene ring substituents is 1. The van der Waals surface area contributed by atoms with Crippen molar-refractivity contribution in [1.29, 1.82) is 0 Å². The van der Waals surface area contributed by atoms with E-state index in [9.17, 15) is 73.1 Å². The third-order valence-electron chi connectivity index (χ3n) is 9.66. The number of nitrogen functional groups attached to an aromatic ring is 3. The Morgan fingerprint density at radius 3 is 1.47 bits per heavy atom. The number of carbonyl (C=O) groups excluding carboxylic acids is 2. The van der Waals surface area contributed by atoms with Crippen LogP contribution in [-0.2, 0) is 20.0 Å². The third-order valence-corrected chi connectivity index (χ3v) is 14.0. The zero-order valence-corrected chi connectivity index (χ0v) is 35.4. The van der Waals surface area contributed by atoms with Crippen LogP contribution in [0.15, 0.2) is 70.5 Å². The first kappa shape index (κ1) is 49.5. The molecule has 0 saturated carbocycles. The zero-order valence-electron chi connectivity index (χ0n) is 32.2. The quantitative estimate of drug-likeness (QED) is 0.0509. The van der Waals surface area contributed by atoms with Gasteiger partial charge in [0.15, 0.2) is 0 Å². The molecule has 0 aliphatic carbocycles. The number of nitrogens with one attached hydrogen (secondary N) is 2. The predicted octanol–water partition coefficient (Wildman–Crippen LogP) is 4.90. The topological polar surface area (TPSA) is 295 Å². The highest BCUT2D eigenvalue weighted by Crippen LogP contribution is 2.38. The second-order valence-electron chi connectivity index (χ2n) is 14.1. The lowest BCUT2D eigenvalue weighted by molar-refractivity contribution is -0.384. The number of aliphatic hydroxyl groups is 2. The molecule has 28 heteroatoms. The number of alkyl halides is 4. The van der Waals surface area contributed by atoms with E-state index in [1.807, 2.05) is 0 Å². The molecule has 0 bridgehead atoms. The number of carbonyl (C=O) groups is 2. The highest BCUT2D eigenvalue weighted by atomic mass is 35.5. The van der Waals surface area contributed by atoms with Crippen LogP contribution in [0.25, 0.3) is 0 Å². The van der Waals surface area contributed by atoms with Crippen LogP contribution in [0.3, 0.4) is 0 Å². The summed E-state index contributed by atoms with van der Waals surface area (Å²) in [6, 6.07) is 9.99. The summed E-state index contributed by atoms with van der Waals surface area (Å²) >= 11 is 11.3. The molecule has 0 spiro atoms. The summed E-state index contributed by atoms with van der Waals surface area (Å²) in [6.07, 6.45) is -5.09. The van der Waals surface area contributed by atoms with Crippen LogP contribution in [-0.4, -0.2) is 103 Å². The van der Waals surface area contributed by atoms with Gasteiger partial charge in [-0.05, 0) is 67.4 Å². The maximum Gasteiger partial charge on any atom is 0.294 e. The van der Waals surface area contributed by atoms with Crippen molar-refractivity contribution in [2.45, 2.75) is 46.7 Å². The Hall–Kier alpha value is -5.48. The van der Waals surface area contributed by atoms with Gasteiger partial charge >= 0.3 is 0 Å². The molecule has 18 nitrogen and oxygen atoms in total. The summed E-state index contributed by atoms with van der Waals surface area (Å²) in [5.74, 6) is -10.7. The van der Waals surface area contributed by atoms with Crippen LogP contribution in [0.2, 0.25) is 10.0 Å². The maximum absolute atomic E-state index is 13.9. The minimum Gasteiger partial charge on any atom is -0.397 e. The highest BCUT2D eigenvalue weighted by Gasteiger charge is 2.49. The van der Waals surface area contributed by atoms with E-state index in [1.165, 1.54) is 6.07 Å². The number of aliphatic hydroxyl groups excluding tert-OH is 2. The molecule has 2 unspecified atom stereocenters. The standard InChI is InChI=1S/C18H16ClF3N4O6S.C18H18ClF3N4O4S/c19-11-7-10(1-2-12(11)20)24-17(28)9-5-13(26(29)30)16(23)14(6-9)33(31,32)25-4-3-15(27)18(21,22)8-25;19-11-7-10(1-2-12(11)20)25-17(28)9-5-13(23)16(24)14(6-9)31(29,30)26-4-3-15(27)18(21,22)8-26/h1-2,5-7,15,27H,3-4,8,23H2,(H,24,28);1-2,5-7,15,27H,3-4,8,23-24H2,(H,25,28). The Bertz CT molecular complexity index is 2760. The van der Waals surface area contributed by atoms with Gasteiger partial charge in [-0.3, -0.25) is 19.7 Å². The predicted molar refractivity (Wildman–Crippen MR) is 220 cm³/mol. The molecule has 2 aliphatic heterocycles. The molecular weight excluding hydrogens is 953 g/mol. The van der Waals surface area contributed by atoms with Gasteiger partial charge in [-0.2, -0.15) is 8.61 Å². The lowest BCUT2D eigenvalue weighted by atomic mass is 10.1. The second-order valence-corrected chi connectivity index (χ2v) is 18.7. The molecule has 2 fully saturated rings. The van der Waals surface area contributed by atoms with E-state index in [0.29, 0.717) is 20.7 Å². The molecular formula is C36H34Cl2F6N8O10S2. The average Bonchev–Trinajstić information content (AvgIpc) is 3.20. The van der Waals surface area contributed by atoms with Gasteiger partial charge < -0.3 is 38.0 Å². The number of rotatable bonds is 9. The van der Waals surface area contributed by atoms with Crippen LogP contribution >= 0.6 is 23.2 Å². The molecule has 4 aromatic rings. The minimum atomic E-state index is -4.82. The zero-order chi connectivity index (χ0) is 47.9. The smallest absolute Gasteiger partial charge is 0.294 e. The van der Waals surface area contributed by atoms with Crippen LogP contribution in [0, 0.1) is 21.7 Å². The fraction of sp³-hybridized carbons (Fsp3) is 0.278. The first-order chi connectivity index (χ1) is 29.6. The fourth-order valence-electron chi connectivity index (χ4n) is 6.14. The summed E-state index contributed by atoms with van der Waals surface area (Å²) in [5, 5.41) is 34.3. The van der Waals surface area contributed by atoms with Crippen LogP contribution in [0.1, 0.15) is 33.6 Å². The number of benzene rings is 4. The van der Waals surface area contributed by atoms with Gasteiger partial charge in [0, 0.05) is 41.7 Å². The van der Waals surface area contributed by atoms with Gasteiger partial charge in [-0.1, -0.05) is 23.2 Å². The Kier molecular flexibility index (Phi) is 14.4. The molecule has 0 aromatic heterocycles. The molecule has 6 rings (SSSR count). The largest absolute Gasteiger partial charge is 0.397 e. The van der Waals surface area contributed by atoms with Crippen LogP contribution < -0.4 is 27.8 Å². The van der Waals surface area contributed by atoms with E-state index < -0.39 is 137 Å². The van der Waals surface area contributed by atoms with Crippen molar-refractivity contribution in [2.75, 3.05) is 54.0 Å². The molecule has 2 atom stereocenters. The molecule has 10 N–H and O–H groups in total. The third kappa shape index (κ3) is 10.5. The summed E-state index contributed by atoms with van der Waals surface area (Å²) in [7, 11) is -9.39. The molecule has 64 heavy (non-hydrogen) atoms. The number of nitrogens with zero attached hydrogens (tertiary/aromatic N) is 3. The van der Waals surface area contributed by atoms with E-state index in [1.54, 1.807) is 0 Å². The minimum absolute atomic E-state index is 0.0000505. The van der Waals surface area contributed by atoms with Crippen LogP contribution in [0.4, 0.5) is 60.5 Å². The second kappa shape index (κ2) is 18.6. The first-order valence-electron chi connectivity index (χ1n) is 18.0. The molecule has 4 aromatic carbocycles. The molecule has 2 aliphatic rings. The monoisotopic (exact) mass is 986 g/mol. The van der Waals surface area contributed by atoms with Gasteiger partial charge in [0.05, 0.1) is 39.4 Å². The Morgan fingerprint density at radius 2 is 1.09 bits per heavy atom. The Labute approximate surface area is 368 Å². The fourth-order valence-corrected chi connectivity index (χ4v) is 9.76. The van der Waals surface area contributed by atoms with Gasteiger partial charge in [-0.15, -0.1) is 0 Å². The number of hydrogen-bond donors (Lipinski definition) is 7. The molecule has 2 saturated heterocycles. The normalized spacial score (nSPS) is 18.9. The highest BCUT2D eigenvalue weighted by molar-refractivity contribution is 7.89. The molecule has 346 valence electrons. The van der Waals surface area contributed by atoms with E-state index in [2.05, 4.69) is 10.6 Å². The van der Waals surface area contributed by atoms with Gasteiger partial charge in [0.1, 0.15) is 39.3 Å². The SMILES string of the molecule is Nc1c([N+](=O)[O-])cc(C(=O)Nc2ccc(F)c(Cl)c2)cc1S(=O)(=O)N1CCC(O)C(F)(F)C1.Nc1cc(C(=O)Nc2ccc(F)c(Cl)c2)cc(S(=O)(=O)N2CCC(O)C(F)(F)C2)c1N. The number of anilines is 5. The van der Waals surface area contributed by atoms with Crippen molar-refractivity contribution in [2.24, 2.45) is 0 Å². The molecule has 2 amide bonds. The maximum atomic E-state index is 13.9. The van der Waals surface area contributed by atoms with Gasteiger partial charge in [0.2, 0.25) is 20.0 Å². The average molecular weight is 988 g/mol. The molecule has 2 heterocycles. The van der Waals surface area contributed by atoms with Crippen molar-refractivity contribution in [1.82, 2.24) is 8.61 Å². The van der Waals surface area contributed by atoms with E-state index in [4.69, 9.17) is 40.4 Å². The van der Waals surface area contributed by atoms with Gasteiger partial charge in [0.25, 0.3) is 29.3 Å². The van der Waals surface area contributed by atoms with Crippen molar-refractivity contribution in [3.05, 3.63) is 104 Å². The van der Waals surface area contributed by atoms with Crippen LogP contribution in [0.5, 0.6) is 0 Å². The number of nitro groups is 1. The van der Waals surface area contributed by atoms with Crippen molar-refractivity contribution in [3.63, 3.8) is 0 Å². The lowest BCUT2D eigenvalue weighted by Crippen LogP contribution is -2.53. The summed E-state index contributed by atoms with van der Waals surface area (Å²) in [5.41, 5.74) is 14.1. The van der Waals surface area contributed by atoms with E-state index in [0.717, 1.165) is 42.5 Å². The number of nitrogens with two attached hydrogens (primary N) is 3. The van der Waals surface area contributed by atoms with Crippen molar-refractivity contribution < 1.29 is 67.9 Å². The Morgan fingerprint density at radius 1 is 0.703 bits per heavy atom. The lowest BCUT2D eigenvalue weighted by Gasteiger charge is -2.35. The van der Waals surface area contributed by atoms with Gasteiger partial charge in [-0.25, -0.2) is 43.2 Å². The number of sulfonamides is 2. The Balaban J connectivity index is 0.000000241. The summed E-state index contributed by atoms with van der Waals surface area (Å²) < 4.78 is 135. The number of halogens is 8. The molecule has 0 radical (unpaired) electrons. The first-order valence-corrected chi connectivity index (χ1v) is 21.6. The van der Waals surface area contributed by atoms with Crippen molar-refractivity contribution in [3.8, 4) is 0 Å². The number of hydrogen-bond acceptors (Lipinski definition) is 13. The number of piperidine rings is 2. The summed E-state index contributed by atoms with van der Waals surface area (Å²) in [4.78, 5) is 34.0. The number of amides is 2. The summed E-state index contributed by atoms with van der Waals surface area (Å²) in [6.45, 7) is -3.51.